The molecule has 0 saturated heterocycles. The summed E-state index contributed by atoms with van der Waals surface area (Å²) in [5.74, 6) is 0.614. The smallest absolute Gasteiger partial charge is 0.253 e. The van der Waals surface area contributed by atoms with Crippen LogP contribution in [-0.4, -0.2) is 17.6 Å². The van der Waals surface area contributed by atoms with E-state index in [1.54, 1.807) is 0 Å². The summed E-state index contributed by atoms with van der Waals surface area (Å²) < 4.78 is 4.97. The molecule has 20 heavy (non-hydrogen) atoms. The van der Waals surface area contributed by atoms with E-state index in [-0.39, 0.29) is 5.91 Å². The quantitative estimate of drug-likeness (QED) is 0.879. The summed E-state index contributed by atoms with van der Waals surface area (Å²) in [6, 6.07) is 7.59. The van der Waals surface area contributed by atoms with E-state index in [2.05, 4.69) is 15.8 Å². The van der Waals surface area contributed by atoms with Crippen LogP contribution in [0.2, 0.25) is 0 Å². The SMILES string of the molecule is CCNc1ccc(C)cc1C(=O)NCc1cc(C)on1. The first-order chi connectivity index (χ1) is 9.60. The fourth-order valence-corrected chi connectivity index (χ4v) is 1.96. The number of carbonyl (C=O) groups is 1. The standard InChI is InChI=1S/C15H19N3O2/c1-4-16-14-6-5-10(2)7-13(14)15(19)17-9-12-8-11(3)20-18-12/h5-8,16H,4,9H2,1-3H3,(H,17,19). The molecule has 0 radical (unpaired) electrons. The summed E-state index contributed by atoms with van der Waals surface area (Å²) in [5.41, 5.74) is 3.25. The number of nitrogens with one attached hydrogen (secondary N) is 2. The molecule has 1 amide bonds. The molecule has 2 aromatic rings. The predicted molar refractivity (Wildman–Crippen MR) is 77.8 cm³/mol. The van der Waals surface area contributed by atoms with Gasteiger partial charge in [0.15, 0.2) is 0 Å². The summed E-state index contributed by atoms with van der Waals surface area (Å²) in [4.78, 5) is 12.3. The van der Waals surface area contributed by atoms with Crippen molar-refractivity contribution in [3.05, 3.63) is 46.8 Å². The Hall–Kier alpha value is -2.30. The zero-order valence-corrected chi connectivity index (χ0v) is 12.0. The Kier molecular flexibility index (Phi) is 4.40. The van der Waals surface area contributed by atoms with Crippen LogP contribution >= 0.6 is 0 Å². The van der Waals surface area contributed by atoms with E-state index in [4.69, 9.17) is 4.52 Å². The van der Waals surface area contributed by atoms with Crippen LogP contribution in [-0.2, 0) is 6.54 Å². The number of rotatable bonds is 5. The van der Waals surface area contributed by atoms with Crippen molar-refractivity contribution in [1.82, 2.24) is 10.5 Å². The second-order valence-corrected chi connectivity index (χ2v) is 4.69. The van der Waals surface area contributed by atoms with Crippen molar-refractivity contribution >= 4 is 11.6 Å². The number of aromatic nitrogens is 1. The van der Waals surface area contributed by atoms with E-state index >= 15 is 0 Å². The monoisotopic (exact) mass is 273 g/mol. The lowest BCUT2D eigenvalue weighted by Crippen LogP contribution is -2.24. The summed E-state index contributed by atoms with van der Waals surface area (Å²) in [6.07, 6.45) is 0. The molecule has 0 atom stereocenters. The number of amides is 1. The highest BCUT2D eigenvalue weighted by Crippen LogP contribution is 2.17. The first kappa shape index (κ1) is 14.1. The van der Waals surface area contributed by atoms with Crippen molar-refractivity contribution in [2.75, 3.05) is 11.9 Å². The van der Waals surface area contributed by atoms with Crippen molar-refractivity contribution < 1.29 is 9.32 Å². The van der Waals surface area contributed by atoms with Gasteiger partial charge in [-0.15, -0.1) is 0 Å². The third-order valence-corrected chi connectivity index (χ3v) is 2.89. The van der Waals surface area contributed by atoms with Crippen LogP contribution in [0.1, 0.15) is 34.3 Å². The Morgan fingerprint density at radius 3 is 2.75 bits per heavy atom. The van der Waals surface area contributed by atoms with Gasteiger partial charge < -0.3 is 15.2 Å². The van der Waals surface area contributed by atoms with Crippen LogP contribution in [0, 0.1) is 13.8 Å². The highest BCUT2D eigenvalue weighted by atomic mass is 16.5. The van der Waals surface area contributed by atoms with Gasteiger partial charge in [0.1, 0.15) is 11.5 Å². The van der Waals surface area contributed by atoms with E-state index in [0.717, 1.165) is 23.6 Å². The summed E-state index contributed by atoms with van der Waals surface area (Å²) in [5, 5.41) is 9.90. The molecule has 1 aromatic carbocycles. The Labute approximate surface area is 118 Å². The minimum absolute atomic E-state index is 0.120. The Balaban J connectivity index is 2.09. The van der Waals surface area contributed by atoms with Crippen molar-refractivity contribution in [3.8, 4) is 0 Å². The van der Waals surface area contributed by atoms with Gasteiger partial charge in [0, 0.05) is 18.3 Å². The number of anilines is 1. The Morgan fingerprint density at radius 1 is 1.30 bits per heavy atom. The lowest BCUT2D eigenvalue weighted by molar-refractivity contribution is 0.0951. The average Bonchev–Trinajstić information content (AvgIpc) is 2.84. The molecular weight excluding hydrogens is 254 g/mol. The van der Waals surface area contributed by atoms with Crippen LogP contribution in [0.5, 0.6) is 0 Å². The molecule has 1 heterocycles. The van der Waals surface area contributed by atoms with Gasteiger partial charge in [0.25, 0.3) is 5.91 Å². The van der Waals surface area contributed by atoms with Gasteiger partial charge in [0.05, 0.1) is 12.1 Å². The molecular formula is C15H19N3O2. The molecule has 0 aliphatic heterocycles. The number of hydrogen-bond donors (Lipinski definition) is 2. The number of hydrogen-bond acceptors (Lipinski definition) is 4. The second kappa shape index (κ2) is 6.23. The minimum Gasteiger partial charge on any atom is -0.385 e. The van der Waals surface area contributed by atoms with E-state index in [0.29, 0.717) is 17.8 Å². The lowest BCUT2D eigenvalue weighted by Gasteiger charge is -2.11. The molecule has 0 spiro atoms. The third-order valence-electron chi connectivity index (χ3n) is 2.89. The summed E-state index contributed by atoms with van der Waals surface area (Å²) >= 11 is 0. The molecule has 0 aliphatic rings. The van der Waals surface area contributed by atoms with E-state index in [1.807, 2.05) is 45.0 Å². The van der Waals surface area contributed by atoms with Crippen LogP contribution in [0.15, 0.2) is 28.8 Å². The molecule has 2 rings (SSSR count). The molecule has 0 unspecified atom stereocenters. The zero-order valence-electron chi connectivity index (χ0n) is 12.0. The molecule has 106 valence electrons. The van der Waals surface area contributed by atoms with Crippen molar-refractivity contribution in [2.24, 2.45) is 0 Å². The molecule has 0 aliphatic carbocycles. The fraction of sp³-hybridized carbons (Fsp3) is 0.333. The molecule has 1 aromatic heterocycles. The molecule has 5 nitrogen and oxygen atoms in total. The van der Waals surface area contributed by atoms with Gasteiger partial charge in [0.2, 0.25) is 0 Å². The van der Waals surface area contributed by atoms with Gasteiger partial charge in [-0.25, -0.2) is 0 Å². The van der Waals surface area contributed by atoms with E-state index < -0.39 is 0 Å². The van der Waals surface area contributed by atoms with E-state index in [9.17, 15) is 4.79 Å². The van der Waals surface area contributed by atoms with Crippen molar-refractivity contribution in [3.63, 3.8) is 0 Å². The van der Waals surface area contributed by atoms with Gasteiger partial charge in [-0.05, 0) is 32.9 Å². The predicted octanol–water partition coefficient (Wildman–Crippen LogP) is 2.65. The first-order valence-corrected chi connectivity index (χ1v) is 6.65. The fourth-order valence-electron chi connectivity index (χ4n) is 1.96. The van der Waals surface area contributed by atoms with Gasteiger partial charge in [-0.1, -0.05) is 16.8 Å². The lowest BCUT2D eigenvalue weighted by atomic mass is 10.1. The zero-order chi connectivity index (χ0) is 14.5. The van der Waals surface area contributed by atoms with Gasteiger partial charge in [-0.2, -0.15) is 0 Å². The second-order valence-electron chi connectivity index (χ2n) is 4.69. The maximum absolute atomic E-state index is 12.3. The van der Waals surface area contributed by atoms with Crippen LogP contribution < -0.4 is 10.6 Å². The Bertz CT molecular complexity index is 605. The molecule has 2 N–H and O–H groups in total. The summed E-state index contributed by atoms with van der Waals surface area (Å²) in [6.45, 7) is 6.91. The summed E-state index contributed by atoms with van der Waals surface area (Å²) in [7, 11) is 0. The Morgan fingerprint density at radius 2 is 2.10 bits per heavy atom. The largest absolute Gasteiger partial charge is 0.385 e. The molecule has 0 saturated carbocycles. The van der Waals surface area contributed by atoms with Gasteiger partial charge in [-0.3, -0.25) is 4.79 Å². The maximum atomic E-state index is 12.3. The van der Waals surface area contributed by atoms with Gasteiger partial charge >= 0.3 is 0 Å². The molecule has 5 heteroatoms. The van der Waals surface area contributed by atoms with Crippen LogP contribution in [0.3, 0.4) is 0 Å². The normalized spacial score (nSPS) is 10.3. The maximum Gasteiger partial charge on any atom is 0.253 e. The molecule has 0 bridgehead atoms. The van der Waals surface area contributed by atoms with E-state index in [1.165, 1.54) is 0 Å². The number of nitrogens with zero attached hydrogens (tertiary/aromatic N) is 1. The van der Waals surface area contributed by atoms with Crippen LogP contribution in [0.25, 0.3) is 0 Å². The number of carbonyl (C=O) groups excluding carboxylic acids is 1. The highest BCUT2D eigenvalue weighted by molar-refractivity contribution is 5.99. The number of benzene rings is 1. The minimum atomic E-state index is -0.120. The highest BCUT2D eigenvalue weighted by Gasteiger charge is 2.12. The van der Waals surface area contributed by atoms with Crippen LogP contribution in [0.4, 0.5) is 5.69 Å². The topological polar surface area (TPSA) is 67.2 Å². The first-order valence-electron chi connectivity index (χ1n) is 6.65. The number of aryl methyl sites for hydroxylation is 2. The average molecular weight is 273 g/mol. The van der Waals surface area contributed by atoms with Crippen molar-refractivity contribution in [2.45, 2.75) is 27.3 Å². The molecule has 0 fully saturated rings. The third kappa shape index (κ3) is 3.38. The van der Waals surface area contributed by atoms with Crippen molar-refractivity contribution in [1.29, 1.82) is 0 Å².